The van der Waals surface area contributed by atoms with Crippen LogP contribution in [0.25, 0.3) is 0 Å². The van der Waals surface area contributed by atoms with Crippen LogP contribution in [-0.4, -0.2) is 24.4 Å². The van der Waals surface area contributed by atoms with Crippen molar-refractivity contribution in [3.05, 3.63) is 59.7 Å². The van der Waals surface area contributed by atoms with Crippen molar-refractivity contribution in [1.29, 1.82) is 0 Å². The summed E-state index contributed by atoms with van der Waals surface area (Å²) in [6, 6.07) is 16.4. The van der Waals surface area contributed by atoms with Crippen LogP contribution in [-0.2, 0) is 12.8 Å². The Morgan fingerprint density at radius 1 is 1.14 bits per heavy atom. The van der Waals surface area contributed by atoms with Gasteiger partial charge >= 0.3 is 0 Å². The predicted molar refractivity (Wildman–Crippen MR) is 84.9 cm³/mol. The lowest BCUT2D eigenvalue weighted by atomic mass is 9.78. The number of methoxy groups -OCH3 is 1. The maximum absolute atomic E-state index is 9.96. The van der Waals surface area contributed by atoms with Gasteiger partial charge in [0, 0.05) is 11.8 Å². The number of aliphatic hydroxyl groups is 1. The molecule has 3 rings (SSSR count). The number of nitrogens with one attached hydrogen (secondary N) is 1. The summed E-state index contributed by atoms with van der Waals surface area (Å²) in [5.41, 5.74) is 3.42. The highest BCUT2D eigenvalue weighted by molar-refractivity contribution is 5.51. The fourth-order valence-electron chi connectivity index (χ4n) is 3.09. The molecule has 2 aromatic carbocycles. The molecule has 2 aromatic rings. The third-order valence-corrected chi connectivity index (χ3v) is 4.30. The topological polar surface area (TPSA) is 41.5 Å². The normalized spacial score (nSPS) is 20.7. The monoisotopic (exact) mass is 283 g/mol. The first kappa shape index (κ1) is 14.0. The first-order valence-corrected chi connectivity index (χ1v) is 7.35. The standard InChI is InChI=1S/C18H21NO2/c1-21-17-8-4-7-16(11-17)19-18(13-20)10-9-14-5-2-3-6-15(14)12-18/h2-8,11,19-20H,9-10,12-13H2,1H3. The van der Waals surface area contributed by atoms with Crippen LogP contribution < -0.4 is 10.1 Å². The van der Waals surface area contributed by atoms with Crippen molar-refractivity contribution in [1.82, 2.24) is 0 Å². The van der Waals surface area contributed by atoms with Crippen molar-refractivity contribution in [2.75, 3.05) is 19.0 Å². The van der Waals surface area contributed by atoms with Gasteiger partial charge in [0.1, 0.15) is 5.75 Å². The number of hydrogen-bond donors (Lipinski definition) is 2. The summed E-state index contributed by atoms with van der Waals surface area (Å²) >= 11 is 0. The number of aryl methyl sites for hydroxylation is 1. The van der Waals surface area contributed by atoms with E-state index >= 15 is 0 Å². The van der Waals surface area contributed by atoms with Crippen molar-refractivity contribution >= 4 is 5.69 Å². The Morgan fingerprint density at radius 2 is 1.95 bits per heavy atom. The molecule has 21 heavy (non-hydrogen) atoms. The van der Waals surface area contributed by atoms with E-state index in [0.717, 1.165) is 30.7 Å². The predicted octanol–water partition coefficient (Wildman–Crippen LogP) is 3.03. The van der Waals surface area contributed by atoms with Crippen LogP contribution in [0.4, 0.5) is 5.69 Å². The molecule has 1 aliphatic carbocycles. The van der Waals surface area contributed by atoms with Gasteiger partial charge in [-0.2, -0.15) is 0 Å². The number of fused-ring (bicyclic) bond motifs is 1. The highest BCUT2D eigenvalue weighted by Crippen LogP contribution is 2.32. The van der Waals surface area contributed by atoms with Crippen LogP contribution in [0.2, 0.25) is 0 Å². The third kappa shape index (κ3) is 2.88. The van der Waals surface area contributed by atoms with Crippen LogP contribution >= 0.6 is 0 Å². The van der Waals surface area contributed by atoms with Gasteiger partial charge in [-0.25, -0.2) is 0 Å². The third-order valence-electron chi connectivity index (χ3n) is 4.30. The van der Waals surface area contributed by atoms with Gasteiger partial charge in [-0.3, -0.25) is 0 Å². The molecular formula is C18H21NO2. The van der Waals surface area contributed by atoms with Gasteiger partial charge in [0.15, 0.2) is 0 Å². The fourth-order valence-corrected chi connectivity index (χ4v) is 3.09. The first-order valence-electron chi connectivity index (χ1n) is 7.35. The molecule has 0 radical (unpaired) electrons. The molecular weight excluding hydrogens is 262 g/mol. The van der Waals surface area contributed by atoms with E-state index in [1.807, 2.05) is 24.3 Å². The van der Waals surface area contributed by atoms with E-state index in [-0.39, 0.29) is 12.1 Å². The largest absolute Gasteiger partial charge is 0.497 e. The minimum atomic E-state index is -0.291. The van der Waals surface area contributed by atoms with Gasteiger partial charge in [0.05, 0.1) is 19.3 Å². The maximum Gasteiger partial charge on any atom is 0.120 e. The second kappa shape index (κ2) is 5.78. The summed E-state index contributed by atoms with van der Waals surface area (Å²) in [5, 5.41) is 13.5. The quantitative estimate of drug-likeness (QED) is 0.906. The molecule has 0 heterocycles. The SMILES string of the molecule is COc1cccc(NC2(CO)CCc3ccccc3C2)c1. The molecule has 1 unspecified atom stereocenters. The summed E-state index contributed by atoms with van der Waals surface area (Å²) in [7, 11) is 1.66. The minimum absolute atomic E-state index is 0.124. The molecule has 110 valence electrons. The molecule has 0 aromatic heterocycles. The lowest BCUT2D eigenvalue weighted by Gasteiger charge is -2.38. The van der Waals surface area contributed by atoms with Gasteiger partial charge in [-0.15, -0.1) is 0 Å². The van der Waals surface area contributed by atoms with Crippen LogP contribution in [0.1, 0.15) is 17.5 Å². The van der Waals surface area contributed by atoms with Crippen LogP contribution in [0.5, 0.6) is 5.75 Å². The highest BCUT2D eigenvalue weighted by Gasteiger charge is 2.33. The van der Waals surface area contributed by atoms with Gasteiger partial charge in [-0.1, -0.05) is 30.3 Å². The molecule has 3 nitrogen and oxygen atoms in total. The highest BCUT2D eigenvalue weighted by atomic mass is 16.5. The van der Waals surface area contributed by atoms with E-state index in [9.17, 15) is 5.11 Å². The smallest absolute Gasteiger partial charge is 0.120 e. The Balaban J connectivity index is 1.85. The number of benzene rings is 2. The number of ether oxygens (including phenoxy) is 1. The molecule has 0 saturated carbocycles. The average Bonchev–Trinajstić information content (AvgIpc) is 2.55. The molecule has 1 atom stereocenters. The fraction of sp³-hybridized carbons (Fsp3) is 0.333. The van der Waals surface area contributed by atoms with Crippen LogP contribution in [0, 0.1) is 0 Å². The van der Waals surface area contributed by atoms with E-state index in [1.54, 1.807) is 7.11 Å². The Hall–Kier alpha value is -2.00. The Bertz CT molecular complexity index is 626. The lowest BCUT2D eigenvalue weighted by Crippen LogP contribution is -2.47. The molecule has 0 aliphatic heterocycles. The van der Waals surface area contributed by atoms with Gasteiger partial charge in [0.25, 0.3) is 0 Å². The van der Waals surface area contributed by atoms with Crippen molar-refractivity contribution in [3.8, 4) is 5.75 Å². The summed E-state index contributed by atoms with van der Waals surface area (Å²) in [6.45, 7) is 0.124. The van der Waals surface area contributed by atoms with E-state index in [2.05, 4.69) is 29.6 Å². The van der Waals surface area contributed by atoms with E-state index in [1.165, 1.54) is 11.1 Å². The van der Waals surface area contributed by atoms with Crippen LogP contribution in [0.15, 0.2) is 48.5 Å². The van der Waals surface area contributed by atoms with Crippen molar-refractivity contribution < 1.29 is 9.84 Å². The van der Waals surface area contributed by atoms with Crippen molar-refractivity contribution in [2.24, 2.45) is 0 Å². The Kier molecular flexibility index (Phi) is 3.84. The summed E-state index contributed by atoms with van der Waals surface area (Å²) in [6.07, 6.45) is 2.77. The molecule has 0 fully saturated rings. The van der Waals surface area contributed by atoms with Gasteiger partial charge in [-0.05, 0) is 42.5 Å². The molecule has 0 amide bonds. The zero-order valence-corrected chi connectivity index (χ0v) is 12.3. The Labute approximate surface area is 125 Å². The van der Waals surface area contributed by atoms with Gasteiger partial charge in [0.2, 0.25) is 0 Å². The maximum atomic E-state index is 9.96. The van der Waals surface area contributed by atoms with E-state index in [0.29, 0.717) is 0 Å². The van der Waals surface area contributed by atoms with Crippen LogP contribution in [0.3, 0.4) is 0 Å². The van der Waals surface area contributed by atoms with Crippen molar-refractivity contribution in [3.63, 3.8) is 0 Å². The first-order chi connectivity index (χ1) is 10.2. The zero-order valence-electron chi connectivity index (χ0n) is 12.3. The number of rotatable bonds is 4. The molecule has 0 bridgehead atoms. The minimum Gasteiger partial charge on any atom is -0.497 e. The number of hydrogen-bond acceptors (Lipinski definition) is 3. The number of anilines is 1. The molecule has 2 N–H and O–H groups in total. The van der Waals surface area contributed by atoms with E-state index < -0.39 is 0 Å². The zero-order chi connectivity index (χ0) is 14.7. The average molecular weight is 283 g/mol. The molecule has 0 saturated heterocycles. The second-order valence-electron chi connectivity index (χ2n) is 5.74. The molecule has 3 heteroatoms. The summed E-state index contributed by atoms with van der Waals surface area (Å²) in [4.78, 5) is 0. The second-order valence-corrected chi connectivity index (χ2v) is 5.74. The molecule has 0 spiro atoms. The summed E-state index contributed by atoms with van der Waals surface area (Å²) < 4.78 is 5.26. The number of aliphatic hydroxyl groups excluding tert-OH is 1. The molecule has 1 aliphatic rings. The summed E-state index contributed by atoms with van der Waals surface area (Å²) in [5.74, 6) is 0.823. The van der Waals surface area contributed by atoms with Gasteiger partial charge < -0.3 is 15.2 Å². The van der Waals surface area contributed by atoms with E-state index in [4.69, 9.17) is 4.74 Å². The van der Waals surface area contributed by atoms with Crippen molar-refractivity contribution in [2.45, 2.75) is 24.8 Å². The lowest BCUT2D eigenvalue weighted by molar-refractivity contribution is 0.196. The Morgan fingerprint density at radius 3 is 2.71 bits per heavy atom.